The second-order valence-corrected chi connectivity index (χ2v) is 6.73. The molecule has 0 aliphatic rings. The summed E-state index contributed by atoms with van der Waals surface area (Å²) in [4.78, 5) is 1.16. The van der Waals surface area contributed by atoms with E-state index in [9.17, 15) is 0 Å². The van der Waals surface area contributed by atoms with Crippen molar-refractivity contribution in [3.05, 3.63) is 55.7 Å². The van der Waals surface area contributed by atoms with E-state index in [-0.39, 0.29) is 0 Å². The third-order valence-corrected chi connectivity index (χ3v) is 4.60. The van der Waals surface area contributed by atoms with Gasteiger partial charge in [0.25, 0.3) is 0 Å². The maximum absolute atomic E-state index is 5.87. The Morgan fingerprint density at radius 3 is 2.64 bits per heavy atom. The first kappa shape index (κ1) is 17.6. The van der Waals surface area contributed by atoms with Crippen LogP contribution in [-0.2, 0) is 6.61 Å². The molecular formula is C16H16N4O2S3. The molecule has 0 aliphatic heterocycles. The third-order valence-electron chi connectivity index (χ3n) is 3.20. The van der Waals surface area contributed by atoms with Gasteiger partial charge in [-0.3, -0.25) is 10.2 Å². The highest BCUT2D eigenvalue weighted by atomic mass is 32.1. The molecule has 0 atom stereocenters. The Balaban J connectivity index is 1.80. The van der Waals surface area contributed by atoms with E-state index in [0.29, 0.717) is 34.3 Å². The molecule has 9 heteroatoms. The summed E-state index contributed by atoms with van der Waals surface area (Å²) >= 11 is 11.9. The maximum atomic E-state index is 5.87. The van der Waals surface area contributed by atoms with Crippen LogP contribution in [0, 0.1) is 9.54 Å². The Kier molecular flexibility index (Phi) is 5.79. The minimum absolute atomic E-state index is 0.405. The van der Waals surface area contributed by atoms with E-state index in [4.69, 9.17) is 33.9 Å². The van der Waals surface area contributed by atoms with Gasteiger partial charge in [0, 0.05) is 4.88 Å². The molecule has 3 aromatic rings. The van der Waals surface area contributed by atoms with Crippen molar-refractivity contribution >= 4 is 42.0 Å². The van der Waals surface area contributed by atoms with Gasteiger partial charge >= 0.3 is 0 Å². The highest BCUT2D eigenvalue weighted by Crippen LogP contribution is 2.29. The number of hydrogen-bond acceptors (Lipinski definition) is 6. The van der Waals surface area contributed by atoms with Crippen molar-refractivity contribution in [2.75, 3.05) is 6.61 Å². The predicted molar refractivity (Wildman–Crippen MR) is 104 cm³/mol. The monoisotopic (exact) mass is 392 g/mol. The first-order valence-electron chi connectivity index (χ1n) is 7.53. The van der Waals surface area contributed by atoms with Gasteiger partial charge in [-0.15, -0.1) is 11.3 Å². The lowest BCUT2D eigenvalue weighted by molar-refractivity contribution is 0.271. The first-order valence-corrected chi connectivity index (χ1v) is 9.23. The lowest BCUT2D eigenvalue weighted by Crippen LogP contribution is -2.00. The number of benzene rings is 1. The van der Waals surface area contributed by atoms with Crippen LogP contribution in [0.25, 0.3) is 0 Å². The zero-order chi connectivity index (χ0) is 17.6. The smallest absolute Gasteiger partial charge is 0.215 e. The molecule has 3 rings (SSSR count). The van der Waals surface area contributed by atoms with E-state index in [0.717, 1.165) is 10.4 Å². The van der Waals surface area contributed by atoms with Crippen molar-refractivity contribution in [1.82, 2.24) is 14.9 Å². The molecule has 25 heavy (non-hydrogen) atoms. The van der Waals surface area contributed by atoms with Crippen LogP contribution in [0.1, 0.15) is 17.4 Å². The van der Waals surface area contributed by atoms with Crippen LogP contribution in [0.3, 0.4) is 0 Å². The van der Waals surface area contributed by atoms with Gasteiger partial charge in [-0.25, -0.2) is 0 Å². The van der Waals surface area contributed by atoms with E-state index in [1.807, 2.05) is 42.6 Å². The fraction of sp³-hybridized carbons (Fsp3) is 0.188. The van der Waals surface area contributed by atoms with E-state index < -0.39 is 0 Å². The number of H-pyrrole nitrogens is 2. The zero-order valence-electron chi connectivity index (χ0n) is 13.4. The Bertz CT molecular complexity index is 942. The Morgan fingerprint density at radius 1 is 1.16 bits per heavy atom. The standard InChI is InChI=1S/C16H16N4O2S3/c1-2-21-14-8-11(9-17-20-15(23)18-19-16(20)24)5-6-13(14)22-10-12-4-3-7-25-12/h3-9H,2,10H2,1H3,(H,18,23)(H,19,24)/b17-9-. The normalized spacial score (nSPS) is 11.1. The van der Waals surface area contributed by atoms with Crippen molar-refractivity contribution in [3.8, 4) is 11.5 Å². The molecule has 0 saturated heterocycles. The Labute approximate surface area is 158 Å². The number of nitrogens with one attached hydrogen (secondary N) is 2. The lowest BCUT2D eigenvalue weighted by Gasteiger charge is -2.12. The molecule has 0 aliphatic carbocycles. The van der Waals surface area contributed by atoms with Crippen LogP contribution in [-0.4, -0.2) is 27.7 Å². The number of hydrogen-bond donors (Lipinski definition) is 2. The number of nitrogens with zero attached hydrogens (tertiary/aromatic N) is 2. The van der Waals surface area contributed by atoms with E-state index in [1.54, 1.807) is 17.6 Å². The topological polar surface area (TPSA) is 67.3 Å². The molecule has 6 nitrogen and oxygen atoms in total. The van der Waals surface area contributed by atoms with Crippen LogP contribution in [0.15, 0.2) is 40.8 Å². The van der Waals surface area contributed by atoms with Crippen LogP contribution in [0.2, 0.25) is 0 Å². The molecule has 0 bridgehead atoms. The fourth-order valence-corrected chi connectivity index (χ4v) is 3.12. The maximum Gasteiger partial charge on any atom is 0.215 e. The number of thiophene rings is 1. The van der Waals surface area contributed by atoms with Gasteiger partial charge < -0.3 is 9.47 Å². The molecule has 2 aromatic heterocycles. The van der Waals surface area contributed by atoms with Gasteiger partial charge in [-0.1, -0.05) is 6.07 Å². The van der Waals surface area contributed by atoms with Crippen LogP contribution in [0.5, 0.6) is 11.5 Å². The van der Waals surface area contributed by atoms with E-state index in [1.165, 1.54) is 4.68 Å². The summed E-state index contributed by atoms with van der Waals surface area (Å²) in [7, 11) is 0. The van der Waals surface area contributed by atoms with E-state index in [2.05, 4.69) is 15.3 Å². The molecule has 2 heterocycles. The average molecular weight is 393 g/mol. The SMILES string of the molecule is CCOc1cc(/C=N\n2c(=S)[nH][nH]c2=S)ccc1OCc1cccs1. The highest BCUT2D eigenvalue weighted by Gasteiger charge is 2.07. The number of aromatic amines is 2. The van der Waals surface area contributed by atoms with Gasteiger partial charge in [0.2, 0.25) is 9.54 Å². The molecule has 0 fully saturated rings. The van der Waals surface area contributed by atoms with Crippen molar-refractivity contribution in [2.24, 2.45) is 5.10 Å². The number of aromatic nitrogens is 3. The Hall–Kier alpha value is -2.23. The molecule has 0 spiro atoms. The van der Waals surface area contributed by atoms with Gasteiger partial charge in [-0.05, 0) is 66.6 Å². The highest BCUT2D eigenvalue weighted by molar-refractivity contribution is 7.72. The minimum Gasteiger partial charge on any atom is -0.490 e. The number of ether oxygens (including phenoxy) is 2. The van der Waals surface area contributed by atoms with E-state index >= 15 is 0 Å². The summed E-state index contributed by atoms with van der Waals surface area (Å²) < 4.78 is 13.8. The van der Waals surface area contributed by atoms with Gasteiger partial charge in [0.15, 0.2) is 11.5 Å². The first-order chi connectivity index (χ1) is 12.2. The van der Waals surface area contributed by atoms with Gasteiger partial charge in [-0.2, -0.15) is 9.78 Å². The quantitative estimate of drug-likeness (QED) is 0.458. The fourth-order valence-electron chi connectivity index (χ4n) is 2.07. The van der Waals surface area contributed by atoms with Crippen molar-refractivity contribution in [3.63, 3.8) is 0 Å². The molecule has 0 radical (unpaired) electrons. The predicted octanol–water partition coefficient (Wildman–Crippen LogP) is 4.52. The summed E-state index contributed by atoms with van der Waals surface area (Å²) in [6.07, 6.45) is 1.67. The van der Waals surface area contributed by atoms with Crippen LogP contribution >= 0.6 is 35.8 Å². The van der Waals surface area contributed by atoms with Gasteiger partial charge in [0.1, 0.15) is 6.61 Å². The summed E-state index contributed by atoms with van der Waals surface area (Å²) in [5, 5.41) is 11.8. The zero-order valence-corrected chi connectivity index (χ0v) is 15.8. The van der Waals surface area contributed by atoms with Crippen LogP contribution < -0.4 is 9.47 Å². The average Bonchev–Trinajstić information content (AvgIpc) is 3.23. The van der Waals surface area contributed by atoms with Crippen LogP contribution in [0.4, 0.5) is 0 Å². The Morgan fingerprint density at radius 2 is 1.96 bits per heavy atom. The molecule has 0 amide bonds. The summed E-state index contributed by atoms with van der Waals surface area (Å²) in [6, 6.07) is 9.69. The van der Waals surface area contributed by atoms with Crippen molar-refractivity contribution in [1.29, 1.82) is 0 Å². The molecule has 130 valence electrons. The van der Waals surface area contributed by atoms with Crippen molar-refractivity contribution in [2.45, 2.75) is 13.5 Å². The molecule has 0 unspecified atom stereocenters. The summed E-state index contributed by atoms with van der Waals surface area (Å²) in [5.41, 5.74) is 0.851. The number of rotatable bonds is 7. The van der Waals surface area contributed by atoms with Gasteiger partial charge in [0.05, 0.1) is 12.8 Å². The summed E-state index contributed by atoms with van der Waals surface area (Å²) in [6.45, 7) is 2.99. The lowest BCUT2D eigenvalue weighted by atomic mass is 10.2. The third kappa shape index (κ3) is 4.44. The van der Waals surface area contributed by atoms with Crippen molar-refractivity contribution < 1.29 is 9.47 Å². The second-order valence-electron chi connectivity index (χ2n) is 4.92. The molecule has 1 aromatic carbocycles. The summed E-state index contributed by atoms with van der Waals surface area (Å²) in [5.74, 6) is 1.37. The molecular weight excluding hydrogens is 376 g/mol. The largest absolute Gasteiger partial charge is 0.490 e. The minimum atomic E-state index is 0.405. The second kappa shape index (κ2) is 8.24. The molecule has 2 N–H and O–H groups in total. The molecule has 0 saturated carbocycles.